The van der Waals surface area contributed by atoms with Crippen molar-refractivity contribution in [1.29, 1.82) is 0 Å². The molecule has 0 aliphatic carbocycles. The molecule has 6 heteroatoms. The highest BCUT2D eigenvalue weighted by molar-refractivity contribution is 5.82. The number of rotatable bonds is 0. The smallest absolute Gasteiger partial charge is 0.372 e. The largest absolute Gasteiger partial charge is 0.505 e. The van der Waals surface area contributed by atoms with Gasteiger partial charge in [0, 0.05) is 11.6 Å². The predicted molar refractivity (Wildman–Crippen MR) is 48.8 cm³/mol. The second kappa shape index (κ2) is 3.26. The van der Waals surface area contributed by atoms with Gasteiger partial charge < -0.3 is 9.52 Å². The Morgan fingerprint density at radius 3 is 2.44 bits per heavy atom. The minimum absolute atomic E-state index is 0.359. The molecular weight excluding hydrogens is 225 g/mol. The molecule has 0 fully saturated rings. The molecule has 0 bridgehead atoms. The van der Waals surface area contributed by atoms with Crippen LogP contribution >= 0.6 is 0 Å². The van der Waals surface area contributed by atoms with E-state index >= 15 is 0 Å². The fourth-order valence-electron chi connectivity index (χ4n) is 1.43. The lowest BCUT2D eigenvalue weighted by atomic mass is 10.1. The van der Waals surface area contributed by atoms with E-state index in [-0.39, 0.29) is 5.56 Å². The molecule has 0 saturated carbocycles. The average molecular weight is 230 g/mol. The van der Waals surface area contributed by atoms with Crippen LogP contribution in [-0.4, -0.2) is 5.11 Å². The van der Waals surface area contributed by atoms with E-state index in [1.54, 1.807) is 0 Å². The van der Waals surface area contributed by atoms with Crippen LogP contribution in [0.15, 0.2) is 15.3 Å². The Kier molecular flexibility index (Phi) is 2.15. The maximum atomic E-state index is 13.4. The topological polar surface area (TPSA) is 50.4 Å². The van der Waals surface area contributed by atoms with Crippen molar-refractivity contribution >= 4 is 11.0 Å². The first kappa shape index (κ1) is 10.5. The molecular formula is C10H5F3O3. The summed E-state index contributed by atoms with van der Waals surface area (Å²) in [5.41, 5.74) is -2.06. The van der Waals surface area contributed by atoms with Gasteiger partial charge in [0.1, 0.15) is 5.58 Å². The van der Waals surface area contributed by atoms with Crippen molar-refractivity contribution in [3.63, 3.8) is 0 Å². The molecule has 2 aromatic rings. The number of hydrogen-bond donors (Lipinski definition) is 1. The molecule has 1 aromatic carbocycles. The number of phenols is 1. The molecule has 0 radical (unpaired) electrons. The van der Waals surface area contributed by atoms with Gasteiger partial charge in [-0.2, -0.15) is 8.78 Å². The van der Waals surface area contributed by atoms with Gasteiger partial charge in [-0.15, -0.1) is 0 Å². The van der Waals surface area contributed by atoms with Gasteiger partial charge in [0.2, 0.25) is 11.6 Å². The summed E-state index contributed by atoms with van der Waals surface area (Å²) in [5.74, 6) is -5.24. The van der Waals surface area contributed by atoms with Crippen molar-refractivity contribution in [3.8, 4) is 5.75 Å². The van der Waals surface area contributed by atoms with Crippen molar-refractivity contribution in [2.75, 3.05) is 0 Å². The van der Waals surface area contributed by atoms with Crippen LogP contribution in [0.1, 0.15) is 5.56 Å². The van der Waals surface area contributed by atoms with Crippen LogP contribution in [0.4, 0.5) is 13.2 Å². The van der Waals surface area contributed by atoms with Gasteiger partial charge in [0.25, 0.3) is 0 Å². The van der Waals surface area contributed by atoms with Gasteiger partial charge in [-0.25, -0.2) is 9.18 Å². The molecule has 1 heterocycles. The van der Waals surface area contributed by atoms with E-state index in [4.69, 9.17) is 5.11 Å². The van der Waals surface area contributed by atoms with Gasteiger partial charge >= 0.3 is 5.63 Å². The zero-order valence-electron chi connectivity index (χ0n) is 7.97. The summed E-state index contributed by atoms with van der Waals surface area (Å²) in [6, 6.07) is 0.724. The maximum Gasteiger partial charge on any atom is 0.372 e. The molecule has 0 spiro atoms. The summed E-state index contributed by atoms with van der Waals surface area (Å²) in [5, 5.41) is 8.49. The van der Waals surface area contributed by atoms with Gasteiger partial charge in [-0.1, -0.05) is 0 Å². The summed E-state index contributed by atoms with van der Waals surface area (Å²) in [4.78, 5) is 10.9. The van der Waals surface area contributed by atoms with Crippen molar-refractivity contribution in [2.45, 2.75) is 6.92 Å². The quantitative estimate of drug-likeness (QED) is 0.706. The highest BCUT2D eigenvalue weighted by atomic mass is 19.2. The summed E-state index contributed by atoms with van der Waals surface area (Å²) < 4.78 is 43.9. The van der Waals surface area contributed by atoms with Gasteiger partial charge in [-0.3, -0.25) is 0 Å². The molecule has 0 aliphatic heterocycles. The lowest BCUT2D eigenvalue weighted by molar-refractivity contribution is 0.405. The number of benzene rings is 1. The molecule has 2 rings (SSSR count). The molecule has 0 saturated heterocycles. The van der Waals surface area contributed by atoms with Gasteiger partial charge in [0.15, 0.2) is 11.6 Å². The minimum atomic E-state index is -1.51. The van der Waals surface area contributed by atoms with E-state index in [0.29, 0.717) is 0 Å². The number of aryl methyl sites for hydroxylation is 1. The summed E-state index contributed by atoms with van der Waals surface area (Å²) in [6.45, 7) is 1.12. The Morgan fingerprint density at radius 1 is 1.19 bits per heavy atom. The summed E-state index contributed by atoms with van der Waals surface area (Å²) in [6.07, 6.45) is 0. The van der Waals surface area contributed by atoms with E-state index in [1.807, 2.05) is 0 Å². The Morgan fingerprint density at radius 2 is 1.81 bits per heavy atom. The third-order valence-corrected chi connectivity index (χ3v) is 2.24. The molecule has 1 aromatic heterocycles. The van der Waals surface area contributed by atoms with E-state index in [2.05, 4.69) is 4.42 Å². The first-order valence-electron chi connectivity index (χ1n) is 4.23. The van der Waals surface area contributed by atoms with Crippen LogP contribution < -0.4 is 5.63 Å². The fourth-order valence-corrected chi connectivity index (χ4v) is 1.43. The first-order chi connectivity index (χ1) is 7.43. The zero-order chi connectivity index (χ0) is 12.0. The normalized spacial score (nSPS) is 11.0. The Balaban J connectivity index is 3.09. The Bertz CT molecular complexity index is 646. The van der Waals surface area contributed by atoms with Crippen LogP contribution in [0.3, 0.4) is 0 Å². The third kappa shape index (κ3) is 1.26. The van der Waals surface area contributed by atoms with Crippen LogP contribution in [0.5, 0.6) is 5.75 Å². The molecule has 0 amide bonds. The second-order valence-electron chi connectivity index (χ2n) is 3.23. The summed E-state index contributed by atoms with van der Waals surface area (Å²) >= 11 is 0. The number of phenolic OH excluding ortho intramolecular Hbond substituents is 1. The van der Waals surface area contributed by atoms with Crippen LogP contribution in [0, 0.1) is 24.4 Å². The molecule has 3 nitrogen and oxygen atoms in total. The fraction of sp³-hybridized carbons (Fsp3) is 0.100. The highest BCUT2D eigenvalue weighted by Gasteiger charge is 2.20. The van der Waals surface area contributed by atoms with E-state index < -0.39 is 39.8 Å². The highest BCUT2D eigenvalue weighted by Crippen LogP contribution is 2.29. The molecule has 84 valence electrons. The van der Waals surface area contributed by atoms with Gasteiger partial charge in [-0.05, 0) is 6.92 Å². The number of fused-ring (bicyclic) bond motifs is 1. The van der Waals surface area contributed by atoms with Gasteiger partial charge in [0.05, 0.1) is 5.39 Å². The van der Waals surface area contributed by atoms with Crippen LogP contribution in [0.2, 0.25) is 0 Å². The number of hydrogen-bond acceptors (Lipinski definition) is 3. The van der Waals surface area contributed by atoms with Crippen LogP contribution in [-0.2, 0) is 0 Å². The van der Waals surface area contributed by atoms with E-state index in [1.165, 1.54) is 0 Å². The molecule has 0 atom stereocenters. The Hall–Kier alpha value is -1.98. The molecule has 0 unspecified atom stereocenters. The molecule has 16 heavy (non-hydrogen) atoms. The lowest BCUT2D eigenvalue weighted by Gasteiger charge is -2.05. The molecule has 1 N–H and O–H groups in total. The Labute approximate surface area is 86.7 Å². The SMILES string of the molecule is Cc1c(F)c(=O)oc2cc(O)c(F)c(F)c12. The first-order valence-corrected chi connectivity index (χ1v) is 4.23. The van der Waals surface area contributed by atoms with Crippen molar-refractivity contribution in [1.82, 2.24) is 0 Å². The zero-order valence-corrected chi connectivity index (χ0v) is 7.97. The lowest BCUT2D eigenvalue weighted by Crippen LogP contribution is -2.08. The summed E-state index contributed by atoms with van der Waals surface area (Å²) in [7, 11) is 0. The average Bonchev–Trinajstić information content (AvgIpc) is 2.23. The third-order valence-electron chi connectivity index (χ3n) is 2.24. The van der Waals surface area contributed by atoms with E-state index in [9.17, 15) is 18.0 Å². The second-order valence-corrected chi connectivity index (χ2v) is 3.23. The number of halogens is 3. The minimum Gasteiger partial charge on any atom is -0.505 e. The van der Waals surface area contributed by atoms with E-state index in [0.717, 1.165) is 13.0 Å². The van der Waals surface area contributed by atoms with Crippen molar-refractivity contribution in [2.24, 2.45) is 0 Å². The standard InChI is InChI=1S/C10H5F3O3/c1-3-6-5(16-10(15)7(3)11)2-4(14)8(12)9(6)13/h2,14H,1H3. The monoisotopic (exact) mass is 230 g/mol. The predicted octanol–water partition coefficient (Wildman–Crippen LogP) is 2.22. The van der Waals surface area contributed by atoms with Crippen LogP contribution in [0.25, 0.3) is 11.0 Å². The van der Waals surface area contributed by atoms with Crippen molar-refractivity contribution in [3.05, 3.63) is 39.5 Å². The number of aromatic hydroxyl groups is 1. The van der Waals surface area contributed by atoms with Crippen molar-refractivity contribution < 1.29 is 22.7 Å². The molecule has 0 aliphatic rings. The maximum absolute atomic E-state index is 13.4.